The van der Waals surface area contributed by atoms with E-state index >= 15 is 0 Å². The Kier molecular flexibility index (Phi) is 3.63. The van der Waals surface area contributed by atoms with Crippen LogP contribution in [0.15, 0.2) is 22.8 Å². The highest BCUT2D eigenvalue weighted by atomic mass is 16.3. The number of piperazine rings is 1. The van der Waals surface area contributed by atoms with Crippen LogP contribution < -0.4 is 5.32 Å². The molecule has 1 fully saturated rings. The summed E-state index contributed by atoms with van der Waals surface area (Å²) in [5.41, 5.74) is 0. The fourth-order valence-electron chi connectivity index (χ4n) is 2.40. The van der Waals surface area contributed by atoms with Crippen LogP contribution in [-0.2, 0) is 0 Å². The van der Waals surface area contributed by atoms with Crippen molar-refractivity contribution < 1.29 is 4.42 Å². The Morgan fingerprint density at radius 1 is 1.44 bits per heavy atom. The standard InChI is InChI=1S/C12H21N3O/c1-13-12(11-5-4-8-16-11)10-9-14(2)6-7-15(10)3/h4-5,8,10,12-13H,6-7,9H2,1-3H3. The van der Waals surface area contributed by atoms with E-state index in [1.54, 1.807) is 6.26 Å². The number of hydrogen-bond donors (Lipinski definition) is 1. The highest BCUT2D eigenvalue weighted by molar-refractivity contribution is 5.08. The van der Waals surface area contributed by atoms with Crippen molar-refractivity contribution >= 4 is 0 Å². The molecule has 0 saturated carbocycles. The molecule has 1 saturated heterocycles. The topological polar surface area (TPSA) is 31.7 Å². The number of nitrogens with one attached hydrogen (secondary N) is 1. The molecule has 0 spiro atoms. The minimum atomic E-state index is 0.266. The average Bonchev–Trinajstić information content (AvgIpc) is 2.78. The van der Waals surface area contributed by atoms with Crippen molar-refractivity contribution in [3.63, 3.8) is 0 Å². The molecule has 2 rings (SSSR count). The first-order valence-corrected chi connectivity index (χ1v) is 5.82. The summed E-state index contributed by atoms with van der Waals surface area (Å²) < 4.78 is 5.52. The minimum Gasteiger partial charge on any atom is -0.468 e. The van der Waals surface area contributed by atoms with Crippen molar-refractivity contribution in [3.05, 3.63) is 24.2 Å². The summed E-state index contributed by atoms with van der Waals surface area (Å²) in [5, 5.41) is 3.36. The second-order valence-electron chi connectivity index (χ2n) is 4.59. The third-order valence-corrected chi connectivity index (χ3v) is 3.44. The Labute approximate surface area is 97.2 Å². The SMILES string of the molecule is CNC(c1ccco1)C1CN(C)CCN1C. The molecule has 16 heavy (non-hydrogen) atoms. The minimum absolute atomic E-state index is 0.266. The quantitative estimate of drug-likeness (QED) is 0.821. The first-order valence-electron chi connectivity index (χ1n) is 5.82. The van der Waals surface area contributed by atoms with Crippen molar-refractivity contribution in [2.75, 3.05) is 40.8 Å². The normalized spacial score (nSPS) is 25.8. The maximum absolute atomic E-state index is 5.52. The van der Waals surface area contributed by atoms with Crippen LogP contribution in [0.5, 0.6) is 0 Å². The molecule has 1 aliphatic rings. The van der Waals surface area contributed by atoms with Crippen LogP contribution in [0.1, 0.15) is 11.8 Å². The van der Waals surface area contributed by atoms with Crippen molar-refractivity contribution in [2.45, 2.75) is 12.1 Å². The lowest BCUT2D eigenvalue weighted by Gasteiger charge is -2.41. The van der Waals surface area contributed by atoms with Gasteiger partial charge in [-0.3, -0.25) is 4.90 Å². The molecule has 90 valence electrons. The molecule has 1 aromatic rings. The Balaban J connectivity index is 2.13. The van der Waals surface area contributed by atoms with E-state index in [2.05, 4.69) is 29.2 Å². The highest BCUT2D eigenvalue weighted by Crippen LogP contribution is 2.23. The molecule has 4 nitrogen and oxygen atoms in total. The third kappa shape index (κ3) is 2.29. The lowest BCUT2D eigenvalue weighted by molar-refractivity contribution is 0.0838. The Hall–Kier alpha value is -0.840. The number of hydrogen-bond acceptors (Lipinski definition) is 4. The summed E-state index contributed by atoms with van der Waals surface area (Å²) in [6.07, 6.45) is 1.74. The largest absolute Gasteiger partial charge is 0.468 e. The molecule has 1 aromatic heterocycles. The Morgan fingerprint density at radius 2 is 2.25 bits per heavy atom. The van der Waals surface area contributed by atoms with Crippen LogP contribution in [0.3, 0.4) is 0 Å². The molecule has 2 heterocycles. The average molecular weight is 223 g/mol. The van der Waals surface area contributed by atoms with Crippen molar-refractivity contribution in [1.29, 1.82) is 0 Å². The zero-order chi connectivity index (χ0) is 11.5. The van der Waals surface area contributed by atoms with Gasteiger partial charge in [0.25, 0.3) is 0 Å². The fraction of sp³-hybridized carbons (Fsp3) is 0.667. The van der Waals surface area contributed by atoms with Gasteiger partial charge in [0.15, 0.2) is 0 Å². The highest BCUT2D eigenvalue weighted by Gasteiger charge is 2.31. The lowest BCUT2D eigenvalue weighted by Crippen LogP contribution is -2.54. The second kappa shape index (κ2) is 4.99. The molecule has 1 aliphatic heterocycles. The van der Waals surface area contributed by atoms with Gasteiger partial charge in [0.05, 0.1) is 12.3 Å². The van der Waals surface area contributed by atoms with E-state index in [0.717, 1.165) is 25.4 Å². The Morgan fingerprint density at radius 3 is 2.88 bits per heavy atom. The van der Waals surface area contributed by atoms with Gasteiger partial charge >= 0.3 is 0 Å². The monoisotopic (exact) mass is 223 g/mol. The van der Waals surface area contributed by atoms with Crippen LogP contribution in [0.25, 0.3) is 0 Å². The predicted octanol–water partition coefficient (Wildman–Crippen LogP) is 0.786. The van der Waals surface area contributed by atoms with Gasteiger partial charge in [-0.2, -0.15) is 0 Å². The van der Waals surface area contributed by atoms with Crippen LogP contribution in [-0.4, -0.2) is 56.6 Å². The van der Waals surface area contributed by atoms with E-state index in [-0.39, 0.29) is 6.04 Å². The molecular formula is C12H21N3O. The molecule has 2 unspecified atom stereocenters. The third-order valence-electron chi connectivity index (χ3n) is 3.44. The van der Waals surface area contributed by atoms with Crippen molar-refractivity contribution in [3.8, 4) is 0 Å². The first kappa shape index (κ1) is 11.6. The number of furan rings is 1. The summed E-state index contributed by atoms with van der Waals surface area (Å²) in [4.78, 5) is 4.78. The van der Waals surface area contributed by atoms with Crippen LogP contribution >= 0.6 is 0 Å². The van der Waals surface area contributed by atoms with Crippen LogP contribution in [0, 0.1) is 0 Å². The lowest BCUT2D eigenvalue weighted by atomic mass is 10.0. The van der Waals surface area contributed by atoms with E-state index < -0.39 is 0 Å². The second-order valence-corrected chi connectivity index (χ2v) is 4.59. The number of nitrogens with zero attached hydrogens (tertiary/aromatic N) is 2. The number of likely N-dealkylation sites (N-methyl/N-ethyl adjacent to an activating group) is 3. The van der Waals surface area contributed by atoms with Gasteiger partial charge in [0.1, 0.15) is 5.76 Å². The summed E-state index contributed by atoms with van der Waals surface area (Å²) in [6, 6.07) is 4.73. The predicted molar refractivity (Wildman–Crippen MR) is 64.4 cm³/mol. The summed E-state index contributed by atoms with van der Waals surface area (Å²) in [7, 11) is 6.36. The first-order chi connectivity index (χ1) is 7.72. The maximum atomic E-state index is 5.52. The Bertz CT molecular complexity index is 312. The van der Waals surface area contributed by atoms with Gasteiger partial charge in [-0.1, -0.05) is 0 Å². The van der Waals surface area contributed by atoms with E-state index in [0.29, 0.717) is 6.04 Å². The number of rotatable bonds is 3. The van der Waals surface area contributed by atoms with Gasteiger partial charge in [-0.05, 0) is 33.3 Å². The van der Waals surface area contributed by atoms with E-state index in [9.17, 15) is 0 Å². The molecule has 2 atom stereocenters. The molecule has 0 aromatic carbocycles. The molecular weight excluding hydrogens is 202 g/mol. The van der Waals surface area contributed by atoms with Crippen molar-refractivity contribution in [2.24, 2.45) is 0 Å². The zero-order valence-corrected chi connectivity index (χ0v) is 10.3. The van der Waals surface area contributed by atoms with Crippen LogP contribution in [0.4, 0.5) is 0 Å². The smallest absolute Gasteiger partial charge is 0.122 e. The maximum Gasteiger partial charge on any atom is 0.122 e. The molecule has 0 bridgehead atoms. The van der Waals surface area contributed by atoms with Gasteiger partial charge < -0.3 is 14.6 Å². The van der Waals surface area contributed by atoms with Crippen LogP contribution in [0.2, 0.25) is 0 Å². The van der Waals surface area contributed by atoms with Gasteiger partial charge in [-0.25, -0.2) is 0 Å². The van der Waals surface area contributed by atoms with Gasteiger partial charge in [0, 0.05) is 25.7 Å². The van der Waals surface area contributed by atoms with Crippen molar-refractivity contribution in [1.82, 2.24) is 15.1 Å². The summed E-state index contributed by atoms with van der Waals surface area (Å²) in [5.74, 6) is 1.02. The zero-order valence-electron chi connectivity index (χ0n) is 10.3. The summed E-state index contributed by atoms with van der Waals surface area (Å²) >= 11 is 0. The van der Waals surface area contributed by atoms with Gasteiger partial charge in [0.2, 0.25) is 0 Å². The van der Waals surface area contributed by atoms with E-state index in [1.807, 2.05) is 19.2 Å². The molecule has 4 heteroatoms. The molecule has 0 radical (unpaired) electrons. The van der Waals surface area contributed by atoms with E-state index in [4.69, 9.17) is 4.42 Å². The van der Waals surface area contributed by atoms with E-state index in [1.165, 1.54) is 0 Å². The summed E-state index contributed by atoms with van der Waals surface area (Å²) in [6.45, 7) is 3.32. The molecule has 1 N–H and O–H groups in total. The molecule has 0 aliphatic carbocycles. The fourth-order valence-corrected chi connectivity index (χ4v) is 2.40. The van der Waals surface area contributed by atoms with Gasteiger partial charge in [-0.15, -0.1) is 0 Å². The molecule has 0 amide bonds.